The highest BCUT2D eigenvalue weighted by Gasteiger charge is 2.25. The summed E-state index contributed by atoms with van der Waals surface area (Å²) in [5.74, 6) is 0.481. The van der Waals surface area contributed by atoms with Crippen LogP contribution in [0.2, 0.25) is 0 Å². The van der Waals surface area contributed by atoms with Gasteiger partial charge in [0.25, 0.3) is 5.91 Å². The molecule has 3 N–H and O–H groups in total. The molecule has 0 saturated heterocycles. The van der Waals surface area contributed by atoms with Crippen molar-refractivity contribution in [1.82, 2.24) is 5.32 Å². The number of hydrogen-bond donors (Lipinski definition) is 2. The van der Waals surface area contributed by atoms with Gasteiger partial charge in [0.1, 0.15) is 21.5 Å². The molecule has 0 spiro atoms. The number of carbonyl (C=O) groups excluding carboxylic acids is 1. The Hall–Kier alpha value is -1.74. The molecule has 0 radical (unpaired) electrons. The van der Waals surface area contributed by atoms with E-state index in [1.807, 2.05) is 14.0 Å². The molecule has 1 fully saturated rings. The Balaban J connectivity index is 2.23. The molecular weight excluding hydrogens is 284 g/mol. The monoisotopic (exact) mass is 306 g/mol. The van der Waals surface area contributed by atoms with Crippen molar-refractivity contribution in [1.29, 1.82) is 5.26 Å². The zero-order chi connectivity index (χ0) is 15.4. The van der Waals surface area contributed by atoms with Crippen LogP contribution < -0.4 is 16.0 Å². The minimum Gasteiger partial charge on any atom is -0.396 e. The third-order valence-corrected chi connectivity index (χ3v) is 5.25. The molecule has 1 aromatic rings. The molecule has 5 nitrogen and oxygen atoms in total. The van der Waals surface area contributed by atoms with Crippen molar-refractivity contribution in [2.45, 2.75) is 32.6 Å². The number of thiophene rings is 1. The molecule has 21 heavy (non-hydrogen) atoms. The highest BCUT2D eigenvalue weighted by molar-refractivity contribution is 7.19. The van der Waals surface area contributed by atoms with Gasteiger partial charge in [-0.05, 0) is 25.7 Å². The van der Waals surface area contributed by atoms with Crippen molar-refractivity contribution in [3.63, 3.8) is 0 Å². The average molecular weight is 306 g/mol. The summed E-state index contributed by atoms with van der Waals surface area (Å²) in [5, 5.41) is 12.9. The highest BCUT2D eigenvalue weighted by atomic mass is 32.1. The smallest absolute Gasteiger partial charge is 0.263 e. The Labute approximate surface area is 129 Å². The highest BCUT2D eigenvalue weighted by Crippen LogP contribution is 2.38. The van der Waals surface area contributed by atoms with Gasteiger partial charge in [0.15, 0.2) is 0 Å². The molecule has 0 atom stereocenters. The summed E-state index contributed by atoms with van der Waals surface area (Å²) in [6, 6.07) is 2.15. The van der Waals surface area contributed by atoms with E-state index in [4.69, 9.17) is 5.73 Å². The zero-order valence-corrected chi connectivity index (χ0v) is 13.4. The van der Waals surface area contributed by atoms with Crippen LogP contribution in [-0.2, 0) is 0 Å². The molecule has 0 bridgehead atoms. The van der Waals surface area contributed by atoms with E-state index in [2.05, 4.69) is 16.3 Å². The van der Waals surface area contributed by atoms with Crippen molar-refractivity contribution in [3.8, 4) is 6.07 Å². The van der Waals surface area contributed by atoms with Crippen molar-refractivity contribution >= 4 is 27.9 Å². The SMILES string of the molecule is CCNC(=O)c1sc(N(C)CC2CCCC2)c(C#N)c1N. The van der Waals surface area contributed by atoms with Gasteiger partial charge >= 0.3 is 0 Å². The van der Waals surface area contributed by atoms with Crippen LogP contribution in [0.25, 0.3) is 0 Å². The van der Waals surface area contributed by atoms with E-state index in [0.29, 0.717) is 28.6 Å². The van der Waals surface area contributed by atoms with Crippen LogP contribution >= 0.6 is 11.3 Å². The van der Waals surface area contributed by atoms with E-state index in [1.165, 1.54) is 37.0 Å². The fraction of sp³-hybridized carbons (Fsp3) is 0.600. The molecule has 1 amide bonds. The minimum absolute atomic E-state index is 0.197. The van der Waals surface area contributed by atoms with Crippen molar-refractivity contribution in [3.05, 3.63) is 10.4 Å². The van der Waals surface area contributed by atoms with Gasteiger partial charge in [-0.2, -0.15) is 5.26 Å². The van der Waals surface area contributed by atoms with E-state index < -0.39 is 0 Å². The fourth-order valence-corrected chi connectivity index (χ4v) is 3.94. The standard InChI is InChI=1S/C15H22N4OS/c1-3-18-14(20)13-12(17)11(8-16)15(21-13)19(2)9-10-6-4-5-7-10/h10H,3-7,9,17H2,1-2H3,(H,18,20). The molecule has 0 aliphatic heterocycles. The second kappa shape index (κ2) is 6.81. The number of nitrogens with two attached hydrogens (primary N) is 1. The van der Waals surface area contributed by atoms with Crippen molar-refractivity contribution in [2.24, 2.45) is 5.92 Å². The van der Waals surface area contributed by atoms with Gasteiger partial charge in [-0.3, -0.25) is 4.79 Å². The van der Waals surface area contributed by atoms with Gasteiger partial charge in [0, 0.05) is 20.1 Å². The summed E-state index contributed by atoms with van der Waals surface area (Å²) in [6.07, 6.45) is 5.08. The molecule has 1 saturated carbocycles. The lowest BCUT2D eigenvalue weighted by atomic mass is 10.1. The average Bonchev–Trinajstić information content (AvgIpc) is 3.06. The first kappa shape index (κ1) is 15.6. The van der Waals surface area contributed by atoms with E-state index in [0.717, 1.165) is 11.5 Å². The fourth-order valence-electron chi connectivity index (χ4n) is 2.88. The zero-order valence-electron chi connectivity index (χ0n) is 12.6. The molecular formula is C15H22N4OS. The van der Waals surface area contributed by atoms with Gasteiger partial charge < -0.3 is 16.0 Å². The number of nitriles is 1. The van der Waals surface area contributed by atoms with Gasteiger partial charge in [-0.1, -0.05) is 12.8 Å². The van der Waals surface area contributed by atoms with Crippen molar-refractivity contribution < 1.29 is 4.79 Å². The Morgan fingerprint density at radius 3 is 2.76 bits per heavy atom. The van der Waals surface area contributed by atoms with Gasteiger partial charge in [0.05, 0.1) is 5.69 Å². The van der Waals surface area contributed by atoms with Crippen LogP contribution in [-0.4, -0.2) is 26.0 Å². The summed E-state index contributed by atoms with van der Waals surface area (Å²) >= 11 is 1.32. The van der Waals surface area contributed by atoms with Gasteiger partial charge in [-0.25, -0.2) is 0 Å². The molecule has 2 rings (SSSR count). The number of nitrogens with zero attached hydrogens (tertiary/aromatic N) is 2. The first-order valence-electron chi connectivity index (χ1n) is 7.40. The summed E-state index contributed by atoms with van der Waals surface area (Å²) in [6.45, 7) is 3.33. The lowest BCUT2D eigenvalue weighted by molar-refractivity contribution is 0.0960. The first-order valence-corrected chi connectivity index (χ1v) is 8.21. The predicted molar refractivity (Wildman–Crippen MR) is 86.7 cm³/mol. The number of nitrogens with one attached hydrogen (secondary N) is 1. The molecule has 0 aromatic carbocycles. The number of carbonyl (C=O) groups is 1. The van der Waals surface area contributed by atoms with Crippen LogP contribution in [0, 0.1) is 17.2 Å². The number of anilines is 2. The minimum atomic E-state index is -0.197. The summed E-state index contributed by atoms with van der Waals surface area (Å²) in [5.41, 5.74) is 6.73. The maximum Gasteiger partial charge on any atom is 0.263 e. The van der Waals surface area contributed by atoms with Gasteiger partial charge in [0.2, 0.25) is 0 Å². The van der Waals surface area contributed by atoms with E-state index in [9.17, 15) is 10.1 Å². The Morgan fingerprint density at radius 2 is 2.19 bits per heavy atom. The maximum atomic E-state index is 12.0. The van der Waals surface area contributed by atoms with Crippen LogP contribution in [0.3, 0.4) is 0 Å². The number of rotatable bonds is 5. The van der Waals surface area contributed by atoms with Crippen molar-refractivity contribution in [2.75, 3.05) is 30.8 Å². The normalized spacial score (nSPS) is 14.9. The Kier molecular flexibility index (Phi) is 5.07. The third kappa shape index (κ3) is 3.30. The number of amides is 1. The molecule has 1 aliphatic carbocycles. The first-order chi connectivity index (χ1) is 10.1. The number of hydrogen-bond acceptors (Lipinski definition) is 5. The van der Waals surface area contributed by atoms with E-state index in [-0.39, 0.29) is 5.91 Å². The largest absolute Gasteiger partial charge is 0.396 e. The molecule has 0 unspecified atom stereocenters. The lowest BCUT2D eigenvalue weighted by Gasteiger charge is -2.21. The van der Waals surface area contributed by atoms with Gasteiger partial charge in [-0.15, -0.1) is 11.3 Å². The Bertz CT molecular complexity index is 555. The molecule has 6 heteroatoms. The van der Waals surface area contributed by atoms with Crippen LogP contribution in [0.1, 0.15) is 47.8 Å². The number of nitrogen functional groups attached to an aromatic ring is 1. The summed E-state index contributed by atoms with van der Waals surface area (Å²) < 4.78 is 0. The molecule has 1 aromatic heterocycles. The third-order valence-electron chi connectivity index (χ3n) is 3.94. The lowest BCUT2D eigenvalue weighted by Crippen LogP contribution is -2.23. The summed E-state index contributed by atoms with van der Waals surface area (Å²) in [4.78, 5) is 14.5. The topological polar surface area (TPSA) is 82.2 Å². The van der Waals surface area contributed by atoms with Crippen LogP contribution in [0.5, 0.6) is 0 Å². The van der Waals surface area contributed by atoms with E-state index >= 15 is 0 Å². The summed E-state index contributed by atoms with van der Waals surface area (Å²) in [7, 11) is 1.98. The van der Waals surface area contributed by atoms with E-state index in [1.54, 1.807) is 0 Å². The quantitative estimate of drug-likeness (QED) is 0.876. The van der Waals surface area contributed by atoms with Crippen LogP contribution in [0.4, 0.5) is 10.7 Å². The molecule has 1 aliphatic rings. The molecule has 114 valence electrons. The second-order valence-electron chi connectivity index (χ2n) is 5.53. The molecule has 1 heterocycles. The maximum absolute atomic E-state index is 12.0. The Morgan fingerprint density at radius 1 is 1.52 bits per heavy atom. The second-order valence-corrected chi connectivity index (χ2v) is 6.53. The van der Waals surface area contributed by atoms with Crippen LogP contribution in [0.15, 0.2) is 0 Å². The predicted octanol–water partition coefficient (Wildman–Crippen LogP) is 2.58.